The molecule has 2 saturated heterocycles. The highest BCUT2D eigenvalue weighted by Crippen LogP contribution is 2.33. The van der Waals surface area contributed by atoms with Gasteiger partial charge in [0.15, 0.2) is 0 Å². The molecule has 1 aromatic heterocycles. The molecule has 2 amide bonds. The van der Waals surface area contributed by atoms with Gasteiger partial charge in [0.1, 0.15) is 5.69 Å². The van der Waals surface area contributed by atoms with Crippen LogP contribution in [0.25, 0.3) is 0 Å². The highest BCUT2D eigenvalue weighted by atomic mass is 32.1. The summed E-state index contributed by atoms with van der Waals surface area (Å²) >= 11 is 1.48. The molecule has 23 heavy (non-hydrogen) atoms. The summed E-state index contributed by atoms with van der Waals surface area (Å²) in [7, 11) is 0. The number of fused-ring (bicyclic) bond motifs is 2. The Kier molecular flexibility index (Phi) is 3.85. The number of nitrogens with zero attached hydrogens (tertiary/aromatic N) is 2. The standard InChI is InChI=1S/C16H21N3O3S/c1-9-17-13(8-23-9)16(21)19-6-11-5-12(14(7-19)22-11)15(20)18-10-3-2-4-10/h8,10-12,14H,2-7H2,1H3,(H,18,20). The molecule has 7 heteroatoms. The summed E-state index contributed by atoms with van der Waals surface area (Å²) in [6, 6.07) is 0.346. The zero-order chi connectivity index (χ0) is 16.0. The lowest BCUT2D eigenvalue weighted by atomic mass is 9.91. The first-order valence-corrected chi connectivity index (χ1v) is 9.15. The molecule has 0 radical (unpaired) electrons. The first-order valence-electron chi connectivity index (χ1n) is 8.27. The smallest absolute Gasteiger partial charge is 0.273 e. The Morgan fingerprint density at radius 2 is 2.22 bits per heavy atom. The van der Waals surface area contributed by atoms with E-state index in [4.69, 9.17) is 4.74 Å². The lowest BCUT2D eigenvalue weighted by Crippen LogP contribution is -2.49. The van der Waals surface area contributed by atoms with Crippen molar-refractivity contribution < 1.29 is 14.3 Å². The molecule has 1 saturated carbocycles. The first-order chi connectivity index (χ1) is 11.1. The monoisotopic (exact) mass is 335 g/mol. The van der Waals surface area contributed by atoms with E-state index in [1.807, 2.05) is 6.92 Å². The van der Waals surface area contributed by atoms with Crippen LogP contribution in [-0.2, 0) is 9.53 Å². The summed E-state index contributed by atoms with van der Waals surface area (Å²) in [6.07, 6.45) is 3.87. The number of aryl methyl sites for hydroxylation is 1. The van der Waals surface area contributed by atoms with Gasteiger partial charge in [-0.25, -0.2) is 4.98 Å². The van der Waals surface area contributed by atoms with E-state index < -0.39 is 0 Å². The molecule has 2 bridgehead atoms. The number of likely N-dealkylation sites (tertiary alicyclic amines) is 1. The summed E-state index contributed by atoms with van der Waals surface area (Å²) in [5.41, 5.74) is 0.504. The van der Waals surface area contributed by atoms with Gasteiger partial charge in [0.2, 0.25) is 5.91 Å². The fourth-order valence-electron chi connectivity index (χ4n) is 3.58. The minimum absolute atomic E-state index is 0.0328. The van der Waals surface area contributed by atoms with Crippen LogP contribution < -0.4 is 5.32 Å². The Balaban J connectivity index is 1.41. The molecule has 124 valence electrons. The van der Waals surface area contributed by atoms with Crippen LogP contribution in [0.4, 0.5) is 0 Å². The van der Waals surface area contributed by atoms with Crippen molar-refractivity contribution in [3.63, 3.8) is 0 Å². The number of morpholine rings is 1. The Hall–Kier alpha value is -1.47. The minimum Gasteiger partial charge on any atom is -0.370 e. The van der Waals surface area contributed by atoms with Crippen LogP contribution in [0.3, 0.4) is 0 Å². The van der Waals surface area contributed by atoms with E-state index in [2.05, 4.69) is 10.3 Å². The van der Waals surface area contributed by atoms with E-state index in [0.717, 1.165) is 17.8 Å². The van der Waals surface area contributed by atoms with Crippen LogP contribution in [0, 0.1) is 12.8 Å². The molecule has 3 unspecified atom stereocenters. The Labute approximate surface area is 139 Å². The van der Waals surface area contributed by atoms with Crippen molar-refractivity contribution in [3.8, 4) is 0 Å². The molecule has 6 nitrogen and oxygen atoms in total. The maximum atomic E-state index is 12.6. The number of hydrogen-bond acceptors (Lipinski definition) is 5. The minimum atomic E-state index is -0.183. The zero-order valence-corrected chi connectivity index (χ0v) is 14.0. The second kappa shape index (κ2) is 5.87. The fourth-order valence-corrected chi connectivity index (χ4v) is 4.17. The average Bonchev–Trinajstić information content (AvgIpc) is 3.05. The Morgan fingerprint density at radius 3 is 2.87 bits per heavy atom. The second-order valence-corrected chi connectivity index (χ2v) is 7.80. The van der Waals surface area contributed by atoms with E-state index in [-0.39, 0.29) is 29.9 Å². The van der Waals surface area contributed by atoms with Crippen LogP contribution >= 0.6 is 11.3 Å². The van der Waals surface area contributed by atoms with Crippen LogP contribution in [0.1, 0.15) is 41.2 Å². The quantitative estimate of drug-likeness (QED) is 0.905. The summed E-state index contributed by atoms with van der Waals surface area (Å²) in [6.45, 7) is 2.93. The van der Waals surface area contributed by atoms with Gasteiger partial charge in [-0.1, -0.05) is 0 Å². The predicted molar refractivity (Wildman–Crippen MR) is 85.3 cm³/mol. The molecule has 0 spiro atoms. The number of ether oxygens (including phenoxy) is 1. The summed E-state index contributed by atoms with van der Waals surface area (Å²) < 4.78 is 5.91. The van der Waals surface area contributed by atoms with Gasteiger partial charge < -0.3 is 15.0 Å². The van der Waals surface area contributed by atoms with Crippen LogP contribution in [0.2, 0.25) is 0 Å². The topological polar surface area (TPSA) is 71.5 Å². The van der Waals surface area contributed by atoms with Crippen molar-refractivity contribution in [2.45, 2.75) is 50.9 Å². The zero-order valence-electron chi connectivity index (χ0n) is 13.2. The lowest BCUT2D eigenvalue weighted by molar-refractivity contribution is -0.129. The molecular weight excluding hydrogens is 314 g/mol. The second-order valence-electron chi connectivity index (χ2n) is 6.74. The van der Waals surface area contributed by atoms with Crippen LogP contribution in [0.5, 0.6) is 0 Å². The number of thiazole rings is 1. The van der Waals surface area contributed by atoms with Crippen LogP contribution in [-0.4, -0.2) is 53.0 Å². The van der Waals surface area contributed by atoms with Crippen molar-refractivity contribution in [1.82, 2.24) is 15.2 Å². The number of carbonyl (C=O) groups is 2. The maximum Gasteiger partial charge on any atom is 0.273 e. The highest BCUT2D eigenvalue weighted by Gasteiger charge is 2.46. The molecule has 3 aliphatic rings. The summed E-state index contributed by atoms with van der Waals surface area (Å²) in [4.78, 5) is 31.1. The van der Waals surface area contributed by atoms with Crippen molar-refractivity contribution in [3.05, 3.63) is 16.1 Å². The molecular formula is C16H21N3O3S. The van der Waals surface area contributed by atoms with Crippen molar-refractivity contribution in [1.29, 1.82) is 0 Å². The third-order valence-electron chi connectivity index (χ3n) is 5.07. The van der Waals surface area contributed by atoms with Gasteiger partial charge in [0.05, 0.1) is 23.1 Å². The summed E-state index contributed by atoms with van der Waals surface area (Å²) in [5.74, 6) is -0.0794. The number of rotatable bonds is 3. The van der Waals surface area contributed by atoms with Gasteiger partial charge in [0, 0.05) is 24.5 Å². The Morgan fingerprint density at radius 1 is 1.39 bits per heavy atom. The van der Waals surface area contributed by atoms with E-state index in [0.29, 0.717) is 31.2 Å². The van der Waals surface area contributed by atoms with Gasteiger partial charge in [0.25, 0.3) is 5.91 Å². The molecule has 1 aromatic rings. The molecule has 3 fully saturated rings. The van der Waals surface area contributed by atoms with Crippen molar-refractivity contribution in [2.24, 2.45) is 5.92 Å². The van der Waals surface area contributed by atoms with Crippen LogP contribution in [0.15, 0.2) is 5.38 Å². The predicted octanol–water partition coefficient (Wildman–Crippen LogP) is 1.35. The van der Waals surface area contributed by atoms with Crippen molar-refractivity contribution >= 4 is 23.2 Å². The highest BCUT2D eigenvalue weighted by molar-refractivity contribution is 7.09. The van der Waals surface area contributed by atoms with Gasteiger partial charge in [-0.15, -0.1) is 11.3 Å². The molecule has 4 rings (SSSR count). The molecule has 2 aliphatic heterocycles. The normalized spacial score (nSPS) is 30.1. The third-order valence-corrected chi connectivity index (χ3v) is 5.84. The first kappa shape index (κ1) is 15.1. The number of hydrogen-bond donors (Lipinski definition) is 1. The molecule has 3 heterocycles. The largest absolute Gasteiger partial charge is 0.370 e. The number of nitrogens with one attached hydrogen (secondary N) is 1. The molecule has 1 N–H and O–H groups in total. The average molecular weight is 335 g/mol. The SMILES string of the molecule is Cc1nc(C(=O)N2CC3CC(C(=O)NC4CCC4)C(C2)O3)cs1. The van der Waals surface area contributed by atoms with Gasteiger partial charge in [-0.05, 0) is 32.6 Å². The van der Waals surface area contributed by atoms with E-state index in [1.165, 1.54) is 17.8 Å². The fraction of sp³-hybridized carbons (Fsp3) is 0.688. The number of carbonyl (C=O) groups excluding carboxylic acids is 2. The number of amides is 2. The third kappa shape index (κ3) is 2.87. The van der Waals surface area contributed by atoms with Gasteiger partial charge in [-0.2, -0.15) is 0 Å². The van der Waals surface area contributed by atoms with Crippen molar-refractivity contribution in [2.75, 3.05) is 13.1 Å². The maximum absolute atomic E-state index is 12.6. The Bertz CT molecular complexity index is 628. The van der Waals surface area contributed by atoms with E-state index in [1.54, 1.807) is 10.3 Å². The molecule has 3 atom stereocenters. The molecule has 1 aliphatic carbocycles. The number of aromatic nitrogens is 1. The lowest BCUT2D eigenvalue weighted by Gasteiger charge is -2.33. The van der Waals surface area contributed by atoms with E-state index >= 15 is 0 Å². The van der Waals surface area contributed by atoms with E-state index in [9.17, 15) is 9.59 Å². The molecule has 0 aromatic carbocycles. The van der Waals surface area contributed by atoms with Gasteiger partial charge >= 0.3 is 0 Å². The van der Waals surface area contributed by atoms with Gasteiger partial charge in [-0.3, -0.25) is 9.59 Å². The summed E-state index contributed by atoms with van der Waals surface area (Å²) in [5, 5.41) is 5.81.